The van der Waals surface area contributed by atoms with Gasteiger partial charge in [-0.1, -0.05) is 11.8 Å². The van der Waals surface area contributed by atoms with E-state index in [1.807, 2.05) is 6.26 Å². The van der Waals surface area contributed by atoms with E-state index in [1.165, 1.54) is 18.0 Å². The van der Waals surface area contributed by atoms with E-state index < -0.39 is 0 Å². The first-order valence-electron chi connectivity index (χ1n) is 5.37. The second-order valence-corrected chi connectivity index (χ2v) is 4.74. The third kappa shape index (κ3) is 1.85. The van der Waals surface area contributed by atoms with Gasteiger partial charge in [-0.25, -0.2) is 4.98 Å². The molecule has 1 fully saturated rings. The van der Waals surface area contributed by atoms with Gasteiger partial charge in [-0.3, -0.25) is 4.79 Å². The highest BCUT2D eigenvalue weighted by Crippen LogP contribution is 2.24. The van der Waals surface area contributed by atoms with Crippen LogP contribution in [0.3, 0.4) is 0 Å². The molecule has 6 nitrogen and oxygen atoms in total. The summed E-state index contributed by atoms with van der Waals surface area (Å²) in [4.78, 5) is 20.3. The molecular weight excluding hydrogens is 240 g/mol. The quantitative estimate of drug-likeness (QED) is 0.526. The molecule has 2 aliphatic heterocycles. The molecule has 7 heteroatoms. The summed E-state index contributed by atoms with van der Waals surface area (Å²) in [7, 11) is 0. The minimum absolute atomic E-state index is 0.00873. The number of hydrogen-bond donors (Lipinski definition) is 2. The van der Waals surface area contributed by atoms with Crippen molar-refractivity contribution in [3.63, 3.8) is 0 Å². The van der Waals surface area contributed by atoms with Crippen LogP contribution in [0.1, 0.15) is 10.4 Å². The highest BCUT2D eigenvalue weighted by molar-refractivity contribution is 7.98. The Morgan fingerprint density at radius 2 is 2.41 bits per heavy atom. The normalized spacial score (nSPS) is 26.5. The van der Waals surface area contributed by atoms with Crippen LogP contribution in [0.25, 0.3) is 0 Å². The number of nitrogens with one attached hydrogen (secondary N) is 2. The zero-order valence-electron chi connectivity index (χ0n) is 9.27. The number of carbonyl (C=O) groups excluding carboxylic acids is 1. The van der Waals surface area contributed by atoms with Crippen molar-refractivity contribution in [3.8, 4) is 5.88 Å². The van der Waals surface area contributed by atoms with Crippen molar-refractivity contribution < 1.29 is 9.53 Å². The average molecular weight is 252 g/mol. The van der Waals surface area contributed by atoms with Gasteiger partial charge in [0.05, 0.1) is 6.04 Å². The lowest BCUT2D eigenvalue weighted by Gasteiger charge is -2.15. The molecule has 1 aromatic heterocycles. The topological polar surface area (TPSA) is 76.1 Å². The first-order valence-corrected chi connectivity index (χ1v) is 6.59. The third-order valence-corrected chi connectivity index (χ3v) is 3.46. The summed E-state index contributed by atoms with van der Waals surface area (Å²) in [6.45, 7) is 1.45. The van der Waals surface area contributed by atoms with Crippen LogP contribution in [-0.2, 0) is 0 Å². The zero-order chi connectivity index (χ0) is 11.8. The van der Waals surface area contributed by atoms with Crippen molar-refractivity contribution in [1.29, 1.82) is 0 Å². The van der Waals surface area contributed by atoms with Crippen molar-refractivity contribution >= 4 is 17.7 Å². The number of hydrogen-bond acceptors (Lipinski definition) is 6. The van der Waals surface area contributed by atoms with Gasteiger partial charge in [-0.05, 0) is 6.26 Å². The lowest BCUT2D eigenvalue weighted by molar-refractivity contribution is 0.0933. The molecular formula is C10H12N4O2S. The number of aromatic nitrogens is 2. The van der Waals surface area contributed by atoms with E-state index in [4.69, 9.17) is 4.74 Å². The largest absolute Gasteiger partial charge is 0.470 e. The van der Waals surface area contributed by atoms with Crippen LogP contribution < -0.4 is 15.4 Å². The van der Waals surface area contributed by atoms with Crippen LogP contribution in [0, 0.1) is 0 Å². The maximum Gasteiger partial charge on any atom is 0.258 e. The van der Waals surface area contributed by atoms with Gasteiger partial charge < -0.3 is 15.4 Å². The summed E-state index contributed by atoms with van der Waals surface area (Å²) in [5, 5.41) is 6.72. The van der Waals surface area contributed by atoms with Crippen molar-refractivity contribution in [2.45, 2.75) is 17.3 Å². The molecule has 0 unspecified atom stereocenters. The molecule has 0 spiro atoms. The number of thioether (sulfide) groups is 1. The van der Waals surface area contributed by atoms with Crippen molar-refractivity contribution in [2.75, 3.05) is 19.3 Å². The molecule has 0 aromatic carbocycles. The maximum atomic E-state index is 11.9. The lowest BCUT2D eigenvalue weighted by Crippen LogP contribution is -2.42. The Bertz CT molecular complexity index is 468. The monoisotopic (exact) mass is 252 g/mol. The number of rotatable bonds is 1. The molecule has 0 radical (unpaired) electrons. The van der Waals surface area contributed by atoms with Crippen molar-refractivity contribution in [3.05, 3.63) is 11.8 Å². The van der Waals surface area contributed by atoms with Gasteiger partial charge in [-0.2, -0.15) is 4.98 Å². The molecule has 90 valence electrons. The number of ether oxygens (including phenoxy) is 1. The van der Waals surface area contributed by atoms with Gasteiger partial charge in [0.2, 0.25) is 5.88 Å². The summed E-state index contributed by atoms with van der Waals surface area (Å²) in [5.41, 5.74) is 0.414. The Morgan fingerprint density at radius 1 is 1.53 bits per heavy atom. The molecule has 17 heavy (non-hydrogen) atoms. The number of amides is 1. The van der Waals surface area contributed by atoms with E-state index in [2.05, 4.69) is 20.6 Å². The molecule has 1 saturated heterocycles. The molecule has 2 aliphatic rings. The van der Waals surface area contributed by atoms with Crippen LogP contribution in [0.2, 0.25) is 0 Å². The molecule has 3 rings (SSSR count). The van der Waals surface area contributed by atoms with Crippen LogP contribution in [-0.4, -0.2) is 47.4 Å². The summed E-state index contributed by atoms with van der Waals surface area (Å²) in [5.74, 6) is 0.224. The van der Waals surface area contributed by atoms with E-state index in [9.17, 15) is 4.79 Å². The molecule has 0 saturated carbocycles. The second kappa shape index (κ2) is 4.15. The maximum absolute atomic E-state index is 11.9. The minimum atomic E-state index is -0.163. The number of nitrogens with zero attached hydrogens (tertiary/aromatic N) is 2. The minimum Gasteiger partial charge on any atom is -0.470 e. The van der Waals surface area contributed by atoms with Crippen LogP contribution in [0.4, 0.5) is 0 Å². The highest BCUT2D eigenvalue weighted by Gasteiger charge is 2.35. The number of fused-ring (bicyclic) bond motifs is 2. The van der Waals surface area contributed by atoms with Crippen LogP contribution in [0.5, 0.6) is 5.88 Å². The van der Waals surface area contributed by atoms with E-state index in [1.54, 1.807) is 0 Å². The molecule has 2 atom stereocenters. The van der Waals surface area contributed by atoms with Gasteiger partial charge in [-0.15, -0.1) is 0 Å². The molecule has 0 bridgehead atoms. The fourth-order valence-electron chi connectivity index (χ4n) is 2.01. The van der Waals surface area contributed by atoms with E-state index in [-0.39, 0.29) is 18.1 Å². The Balaban J connectivity index is 2.00. The Labute approximate surface area is 103 Å². The fraction of sp³-hybridized carbons (Fsp3) is 0.500. The predicted octanol–water partition coefficient (Wildman–Crippen LogP) is -0.339. The second-order valence-electron chi connectivity index (χ2n) is 3.97. The Morgan fingerprint density at radius 3 is 3.24 bits per heavy atom. The molecule has 1 aromatic rings. The smallest absolute Gasteiger partial charge is 0.258 e. The molecule has 1 amide bonds. The standard InChI is InChI=1S/C10H12N4O2S/c1-17-10-12-2-5-8(15)13-6-3-11-4-7(6)16-9(5)14-10/h2,6-7,11H,3-4H2,1H3,(H,13,15)/t6-,7+/m0/s1. The summed E-state index contributed by atoms with van der Waals surface area (Å²) < 4.78 is 5.78. The fourth-order valence-corrected chi connectivity index (χ4v) is 2.34. The first-order chi connectivity index (χ1) is 8.28. The predicted molar refractivity (Wildman–Crippen MR) is 62.4 cm³/mol. The summed E-state index contributed by atoms with van der Waals surface area (Å²) in [6.07, 6.45) is 3.36. The average Bonchev–Trinajstić information content (AvgIpc) is 2.71. The van der Waals surface area contributed by atoms with Gasteiger partial charge in [0, 0.05) is 19.3 Å². The van der Waals surface area contributed by atoms with Gasteiger partial charge >= 0.3 is 0 Å². The summed E-state index contributed by atoms with van der Waals surface area (Å²) >= 11 is 1.43. The Kier molecular flexibility index (Phi) is 2.64. The summed E-state index contributed by atoms with van der Waals surface area (Å²) in [6, 6.07) is 0.00873. The van der Waals surface area contributed by atoms with Crippen LogP contribution in [0.15, 0.2) is 11.4 Å². The lowest BCUT2D eigenvalue weighted by atomic mass is 10.2. The molecule has 3 heterocycles. The first kappa shape index (κ1) is 10.8. The number of carbonyl (C=O) groups is 1. The van der Waals surface area contributed by atoms with Gasteiger partial charge in [0.1, 0.15) is 11.7 Å². The van der Waals surface area contributed by atoms with Crippen LogP contribution >= 0.6 is 11.8 Å². The molecule has 2 N–H and O–H groups in total. The van der Waals surface area contributed by atoms with E-state index in [0.29, 0.717) is 16.6 Å². The van der Waals surface area contributed by atoms with E-state index in [0.717, 1.165) is 13.1 Å². The van der Waals surface area contributed by atoms with E-state index >= 15 is 0 Å². The highest BCUT2D eigenvalue weighted by atomic mass is 32.2. The third-order valence-electron chi connectivity index (χ3n) is 2.90. The SMILES string of the molecule is CSc1ncc2c(n1)O[C@@H]1CNC[C@@H]1NC2=O. The van der Waals surface area contributed by atoms with Gasteiger partial charge in [0.15, 0.2) is 5.16 Å². The molecule has 0 aliphatic carbocycles. The van der Waals surface area contributed by atoms with Crippen molar-refractivity contribution in [2.24, 2.45) is 0 Å². The van der Waals surface area contributed by atoms with Crippen molar-refractivity contribution in [1.82, 2.24) is 20.6 Å². The Hall–Kier alpha value is -1.34. The van der Waals surface area contributed by atoms with Gasteiger partial charge in [0.25, 0.3) is 5.91 Å². The zero-order valence-corrected chi connectivity index (χ0v) is 10.1.